The van der Waals surface area contributed by atoms with Crippen molar-refractivity contribution in [2.45, 2.75) is 13.0 Å². The number of carbonyl (C=O) groups excluding carboxylic acids is 1. The van der Waals surface area contributed by atoms with Gasteiger partial charge in [-0.15, -0.1) is 17.3 Å². The molecule has 0 aliphatic rings. The first kappa shape index (κ1) is 18.4. The van der Waals surface area contributed by atoms with Crippen LogP contribution in [0.25, 0.3) is 0 Å². The van der Waals surface area contributed by atoms with Gasteiger partial charge in [-0.05, 0) is 6.92 Å². The molecule has 14 heavy (non-hydrogen) atoms. The van der Waals surface area contributed by atoms with Crippen molar-refractivity contribution in [3.05, 3.63) is 4.91 Å². The lowest BCUT2D eigenvalue weighted by molar-refractivity contribution is -0.138. The molecule has 0 fully saturated rings. The van der Waals surface area contributed by atoms with Gasteiger partial charge in [-0.3, -0.25) is 4.79 Å². The van der Waals surface area contributed by atoms with E-state index in [9.17, 15) is 14.5 Å². The maximum absolute atomic E-state index is 9.78. The molecule has 0 aromatic carbocycles. The highest BCUT2D eigenvalue weighted by Crippen LogP contribution is 1.76. The lowest BCUT2D eigenvalue weighted by Gasteiger charge is -1.97. The number of hydrogen-bond acceptors (Lipinski definition) is 5. The summed E-state index contributed by atoms with van der Waals surface area (Å²) in [5, 5.41) is 10.6. The first-order valence-corrected chi connectivity index (χ1v) is 3.17. The fourth-order valence-electron chi connectivity index (χ4n) is 0.0402. The summed E-state index contributed by atoms with van der Waals surface area (Å²) in [5.74, 6) is -0.963. The van der Waals surface area contributed by atoms with Crippen molar-refractivity contribution in [3.63, 3.8) is 0 Å². The molecule has 0 aliphatic carbocycles. The van der Waals surface area contributed by atoms with Crippen LogP contribution in [0, 0.1) is 4.91 Å². The van der Waals surface area contributed by atoms with Gasteiger partial charge >= 0.3 is 12.0 Å². The average Bonchev–Trinajstić information content (AvgIpc) is 2.03. The van der Waals surface area contributed by atoms with Crippen molar-refractivity contribution in [2.75, 3.05) is 7.05 Å². The monoisotopic (exact) mass is 228 g/mol. The highest BCUT2D eigenvalue weighted by atomic mass is 35.5. The number of nitroso groups, excluding NO2 is 1. The van der Waals surface area contributed by atoms with Gasteiger partial charge in [-0.2, -0.15) is 5.01 Å². The fraction of sp³-hybridized carbons (Fsp3) is 0.600. The van der Waals surface area contributed by atoms with E-state index in [2.05, 4.69) is 11.0 Å². The lowest BCUT2D eigenvalue weighted by Crippen LogP contribution is -2.26. The molecular weight excluding hydrogens is 216 g/mol. The molecule has 9 heteroatoms. The van der Waals surface area contributed by atoms with E-state index >= 15 is 0 Å². The Morgan fingerprint density at radius 2 is 1.79 bits per heavy atom. The number of carboxylic acid groups (broad SMARTS) is 1. The second-order valence-corrected chi connectivity index (χ2v) is 2.07. The highest BCUT2D eigenvalue weighted by Gasteiger charge is 1.99. The van der Waals surface area contributed by atoms with Gasteiger partial charge in [0.25, 0.3) is 0 Å². The molecule has 1 unspecified atom stereocenters. The van der Waals surface area contributed by atoms with E-state index in [0.717, 1.165) is 0 Å². The maximum atomic E-state index is 9.78. The number of primary amides is 1. The van der Waals surface area contributed by atoms with Crippen LogP contribution in [0.4, 0.5) is 4.79 Å². The van der Waals surface area contributed by atoms with Gasteiger partial charge in [0.15, 0.2) is 0 Å². The molecule has 0 rings (SSSR count). The molecule has 0 aromatic heterocycles. The van der Waals surface area contributed by atoms with Gasteiger partial charge in [-0.1, -0.05) is 0 Å². The van der Waals surface area contributed by atoms with E-state index in [1.165, 1.54) is 14.0 Å². The Hall–Kier alpha value is -1.41. The summed E-state index contributed by atoms with van der Waals surface area (Å²) < 4.78 is 0. The summed E-state index contributed by atoms with van der Waals surface area (Å²) in [6.45, 7) is 1.42. The van der Waals surface area contributed by atoms with Crippen LogP contribution < -0.4 is 11.5 Å². The van der Waals surface area contributed by atoms with Crippen LogP contribution in [0.15, 0.2) is 5.29 Å². The summed E-state index contributed by atoms with van der Waals surface area (Å²) in [7, 11) is 1.18. The first-order valence-electron chi connectivity index (χ1n) is 3.17. The third-order valence-electron chi connectivity index (χ3n) is 0.831. The minimum absolute atomic E-state index is 0. The third-order valence-corrected chi connectivity index (χ3v) is 0.831. The predicted molar refractivity (Wildman–Crippen MR) is 51.7 cm³/mol. The van der Waals surface area contributed by atoms with Crippen LogP contribution in [-0.2, 0) is 4.79 Å². The zero-order valence-corrected chi connectivity index (χ0v) is 8.52. The number of nitrogens with zero attached hydrogens (tertiary/aromatic N) is 2. The van der Waals surface area contributed by atoms with E-state index in [-0.39, 0.29) is 12.4 Å². The Bertz CT molecular complexity index is 198. The zero-order chi connectivity index (χ0) is 11.0. The Morgan fingerprint density at radius 3 is 1.79 bits per heavy atom. The van der Waals surface area contributed by atoms with Gasteiger partial charge in [0.05, 0.1) is 5.29 Å². The molecule has 0 spiro atoms. The molecule has 0 saturated carbocycles. The number of aliphatic carboxylic acids is 1. The standard InChI is InChI=1S/C3H7NO2.C2H5N3O2.ClH/c1-2(4)3(5)6;1-5(4-7)2(3)6;/h2H,4H2,1H3,(H,5,6);1H3,(H2,3,6);1H. The quantitative estimate of drug-likeness (QED) is 0.433. The Morgan fingerprint density at radius 1 is 1.50 bits per heavy atom. The largest absolute Gasteiger partial charge is 0.480 e. The predicted octanol–water partition coefficient (Wildman–Crippen LogP) is -0.482. The minimum Gasteiger partial charge on any atom is -0.480 e. The molecule has 0 bridgehead atoms. The summed E-state index contributed by atoms with van der Waals surface area (Å²) in [6, 6.07) is -1.58. The van der Waals surface area contributed by atoms with Gasteiger partial charge in [-0.25, -0.2) is 4.79 Å². The van der Waals surface area contributed by atoms with E-state index in [1.807, 2.05) is 0 Å². The number of rotatable bonds is 2. The minimum atomic E-state index is -0.963. The van der Waals surface area contributed by atoms with Crippen LogP contribution in [0.3, 0.4) is 0 Å². The van der Waals surface area contributed by atoms with Gasteiger partial charge in [0, 0.05) is 7.05 Å². The number of hydrogen-bond donors (Lipinski definition) is 3. The molecule has 5 N–H and O–H groups in total. The van der Waals surface area contributed by atoms with Crippen molar-refractivity contribution < 1.29 is 14.7 Å². The van der Waals surface area contributed by atoms with Crippen molar-refractivity contribution in [2.24, 2.45) is 16.8 Å². The highest BCUT2D eigenvalue weighted by molar-refractivity contribution is 5.85. The van der Waals surface area contributed by atoms with E-state index < -0.39 is 18.0 Å². The van der Waals surface area contributed by atoms with Crippen LogP contribution in [-0.4, -0.2) is 35.2 Å². The number of halogens is 1. The van der Waals surface area contributed by atoms with Gasteiger partial charge in [0.2, 0.25) is 0 Å². The molecule has 0 aliphatic heterocycles. The normalized spacial score (nSPS) is 9.64. The number of amides is 2. The third kappa shape index (κ3) is 13.2. The van der Waals surface area contributed by atoms with Gasteiger partial charge < -0.3 is 16.6 Å². The molecular formula is C5H13ClN4O4. The molecule has 84 valence electrons. The first-order chi connectivity index (χ1) is 5.82. The van der Waals surface area contributed by atoms with Gasteiger partial charge in [0.1, 0.15) is 6.04 Å². The molecule has 0 aromatic rings. The summed E-state index contributed by atoms with van der Waals surface area (Å²) in [6.07, 6.45) is 0. The topological polar surface area (TPSA) is 139 Å². The summed E-state index contributed by atoms with van der Waals surface area (Å²) >= 11 is 0. The Balaban J connectivity index is -0.000000163. The molecule has 0 heterocycles. The lowest BCUT2D eigenvalue weighted by atomic mass is 10.4. The number of urea groups is 1. The van der Waals surface area contributed by atoms with E-state index in [0.29, 0.717) is 5.01 Å². The van der Waals surface area contributed by atoms with Crippen LogP contribution >= 0.6 is 12.4 Å². The van der Waals surface area contributed by atoms with Crippen LogP contribution in [0.5, 0.6) is 0 Å². The van der Waals surface area contributed by atoms with E-state index in [1.54, 1.807) is 0 Å². The number of carbonyl (C=O) groups is 2. The smallest absolute Gasteiger partial charge is 0.337 e. The molecule has 1 atom stereocenters. The van der Waals surface area contributed by atoms with E-state index in [4.69, 9.17) is 10.8 Å². The Labute approximate surface area is 86.6 Å². The maximum Gasteiger partial charge on any atom is 0.337 e. The molecule has 0 saturated heterocycles. The zero-order valence-electron chi connectivity index (χ0n) is 7.71. The summed E-state index contributed by atoms with van der Waals surface area (Å²) in [4.78, 5) is 28.7. The van der Waals surface area contributed by atoms with Crippen LogP contribution in [0.1, 0.15) is 6.92 Å². The molecule has 0 radical (unpaired) electrons. The SMILES string of the molecule is CC(N)C(=O)O.CN(N=O)C(N)=O.Cl. The van der Waals surface area contributed by atoms with Crippen molar-refractivity contribution in [1.29, 1.82) is 0 Å². The molecule has 8 nitrogen and oxygen atoms in total. The van der Waals surface area contributed by atoms with Crippen molar-refractivity contribution in [1.82, 2.24) is 5.01 Å². The molecule has 2 amide bonds. The number of carboxylic acids is 1. The Kier molecular flexibility index (Phi) is 12.7. The van der Waals surface area contributed by atoms with Crippen molar-refractivity contribution in [3.8, 4) is 0 Å². The fourth-order valence-corrected chi connectivity index (χ4v) is 0.0402. The van der Waals surface area contributed by atoms with Crippen LogP contribution in [0.2, 0.25) is 0 Å². The second-order valence-electron chi connectivity index (χ2n) is 2.07. The second kappa shape index (κ2) is 9.68. The average molecular weight is 229 g/mol. The summed E-state index contributed by atoms with van der Waals surface area (Å²) in [5.41, 5.74) is 9.38. The van der Waals surface area contributed by atoms with Crippen molar-refractivity contribution >= 4 is 24.4 Å². The number of nitrogens with two attached hydrogens (primary N) is 2.